The summed E-state index contributed by atoms with van der Waals surface area (Å²) in [6.07, 6.45) is -4.38. The van der Waals surface area contributed by atoms with Gasteiger partial charge in [0.2, 0.25) is 0 Å². The van der Waals surface area contributed by atoms with Crippen molar-refractivity contribution >= 4 is 17.2 Å². The van der Waals surface area contributed by atoms with Crippen LogP contribution in [0.25, 0.3) is 10.6 Å². The van der Waals surface area contributed by atoms with E-state index in [4.69, 9.17) is 4.74 Å². The van der Waals surface area contributed by atoms with Crippen LogP contribution in [-0.4, -0.2) is 54.2 Å². The van der Waals surface area contributed by atoms with E-state index in [1.54, 1.807) is 6.92 Å². The Morgan fingerprint density at radius 2 is 1.83 bits per heavy atom. The van der Waals surface area contributed by atoms with E-state index in [-0.39, 0.29) is 11.4 Å². The van der Waals surface area contributed by atoms with Gasteiger partial charge in [0.05, 0.1) is 24.5 Å². The third kappa shape index (κ3) is 5.15. The van der Waals surface area contributed by atoms with Gasteiger partial charge in [-0.25, -0.2) is 4.98 Å². The molecule has 0 spiro atoms. The zero-order chi connectivity index (χ0) is 21.2. The summed E-state index contributed by atoms with van der Waals surface area (Å²) in [5.74, 6) is -0.223. The summed E-state index contributed by atoms with van der Waals surface area (Å²) in [7, 11) is 0. The second-order valence-electron chi connectivity index (χ2n) is 7.60. The molecule has 5 nitrogen and oxygen atoms in total. The monoisotopic (exact) mass is 427 g/mol. The first-order valence-corrected chi connectivity index (χ1v) is 10.2. The summed E-state index contributed by atoms with van der Waals surface area (Å²) in [5.41, 5.74) is 0.192. The van der Waals surface area contributed by atoms with Crippen LogP contribution in [0.5, 0.6) is 0 Å². The van der Waals surface area contributed by atoms with Gasteiger partial charge < -0.3 is 10.1 Å². The number of hydrogen-bond acceptors (Lipinski definition) is 5. The second-order valence-corrected chi connectivity index (χ2v) is 8.60. The smallest absolute Gasteiger partial charge is 0.379 e. The third-order valence-electron chi connectivity index (χ3n) is 5.01. The predicted octanol–water partition coefficient (Wildman–Crippen LogP) is 3.98. The number of nitrogens with zero attached hydrogens (tertiary/aromatic N) is 2. The lowest BCUT2D eigenvalue weighted by Crippen LogP contribution is -2.55. The maximum Gasteiger partial charge on any atom is 0.416 e. The molecule has 2 heterocycles. The van der Waals surface area contributed by atoms with Crippen LogP contribution in [0.4, 0.5) is 13.2 Å². The van der Waals surface area contributed by atoms with Crippen LogP contribution in [0.1, 0.15) is 34.8 Å². The zero-order valence-electron chi connectivity index (χ0n) is 16.6. The number of carbonyl (C=O) groups is 1. The molecule has 1 fully saturated rings. The Balaban J connectivity index is 1.68. The number of thiazole rings is 1. The molecular formula is C20H24F3N3O2S. The van der Waals surface area contributed by atoms with Gasteiger partial charge in [0.25, 0.3) is 5.91 Å². The molecule has 1 aliphatic rings. The Morgan fingerprint density at radius 1 is 1.21 bits per heavy atom. The molecule has 1 N–H and O–H groups in total. The molecule has 1 aliphatic heterocycles. The Hall–Kier alpha value is -1.97. The molecule has 0 unspecified atom stereocenters. The average molecular weight is 427 g/mol. The van der Waals surface area contributed by atoms with E-state index >= 15 is 0 Å². The zero-order valence-corrected chi connectivity index (χ0v) is 17.4. The predicted molar refractivity (Wildman–Crippen MR) is 106 cm³/mol. The molecule has 0 radical (unpaired) electrons. The highest BCUT2D eigenvalue weighted by molar-refractivity contribution is 7.17. The van der Waals surface area contributed by atoms with Crippen LogP contribution < -0.4 is 5.32 Å². The van der Waals surface area contributed by atoms with E-state index in [1.165, 1.54) is 23.5 Å². The highest BCUT2D eigenvalue weighted by Gasteiger charge is 2.31. The fourth-order valence-electron chi connectivity index (χ4n) is 3.19. The van der Waals surface area contributed by atoms with Crippen LogP contribution in [-0.2, 0) is 10.9 Å². The standard InChI is InChI=1S/C20H24F3N3O2S/c1-13-16(17(27)24-12-19(2,3)26-8-10-28-11-9-26)29-18(25-13)14-4-6-15(7-5-14)20(21,22)23/h4-7H,8-12H2,1-3H3,(H,24,27). The van der Waals surface area contributed by atoms with Gasteiger partial charge in [-0.3, -0.25) is 9.69 Å². The Kier molecular flexibility index (Phi) is 6.30. The van der Waals surface area contributed by atoms with Crippen LogP contribution in [0.2, 0.25) is 0 Å². The lowest BCUT2D eigenvalue weighted by Gasteiger charge is -2.40. The van der Waals surface area contributed by atoms with Gasteiger partial charge in [-0.15, -0.1) is 11.3 Å². The summed E-state index contributed by atoms with van der Waals surface area (Å²) in [6.45, 7) is 9.35. The maximum atomic E-state index is 12.7. The molecule has 0 aliphatic carbocycles. The normalized spacial score (nSPS) is 16.1. The van der Waals surface area contributed by atoms with Crippen molar-refractivity contribution in [1.82, 2.24) is 15.2 Å². The molecule has 1 saturated heterocycles. The van der Waals surface area contributed by atoms with Crippen molar-refractivity contribution in [2.45, 2.75) is 32.5 Å². The average Bonchev–Trinajstić information content (AvgIpc) is 3.08. The number of ether oxygens (including phenoxy) is 1. The van der Waals surface area contributed by atoms with E-state index in [2.05, 4.69) is 29.0 Å². The summed E-state index contributed by atoms with van der Waals surface area (Å²) < 4.78 is 43.6. The SMILES string of the molecule is Cc1nc(-c2ccc(C(F)(F)F)cc2)sc1C(=O)NCC(C)(C)N1CCOCC1. The molecule has 1 amide bonds. The largest absolute Gasteiger partial charge is 0.416 e. The Morgan fingerprint density at radius 3 is 2.41 bits per heavy atom. The summed E-state index contributed by atoms with van der Waals surface area (Å²) in [4.78, 5) is 19.8. The molecule has 158 valence electrons. The lowest BCUT2D eigenvalue weighted by atomic mass is 10.0. The van der Waals surface area contributed by atoms with Gasteiger partial charge in [0.15, 0.2) is 0 Å². The summed E-state index contributed by atoms with van der Waals surface area (Å²) in [6, 6.07) is 4.81. The first-order valence-electron chi connectivity index (χ1n) is 9.34. The summed E-state index contributed by atoms with van der Waals surface area (Å²) >= 11 is 1.18. The molecule has 9 heteroatoms. The molecular weight excluding hydrogens is 403 g/mol. The van der Waals surface area contributed by atoms with Gasteiger partial charge in [0, 0.05) is 30.7 Å². The van der Waals surface area contributed by atoms with E-state index in [1.807, 2.05) is 0 Å². The van der Waals surface area contributed by atoms with E-state index in [0.29, 0.717) is 40.9 Å². The van der Waals surface area contributed by atoms with Crippen LogP contribution >= 0.6 is 11.3 Å². The molecule has 1 aromatic carbocycles. The van der Waals surface area contributed by atoms with E-state index in [0.717, 1.165) is 25.2 Å². The number of aryl methyl sites for hydroxylation is 1. The molecule has 0 atom stereocenters. The summed E-state index contributed by atoms with van der Waals surface area (Å²) in [5, 5.41) is 3.49. The fraction of sp³-hybridized carbons (Fsp3) is 0.500. The van der Waals surface area contributed by atoms with Crippen LogP contribution in [0.3, 0.4) is 0 Å². The molecule has 1 aromatic heterocycles. The number of halogens is 3. The number of aromatic nitrogens is 1. The number of alkyl halides is 3. The number of hydrogen-bond donors (Lipinski definition) is 1. The molecule has 2 aromatic rings. The minimum Gasteiger partial charge on any atom is -0.379 e. The minimum absolute atomic E-state index is 0.214. The van der Waals surface area contributed by atoms with Crippen molar-refractivity contribution in [2.75, 3.05) is 32.8 Å². The number of carbonyl (C=O) groups excluding carboxylic acids is 1. The van der Waals surface area contributed by atoms with Gasteiger partial charge in [-0.2, -0.15) is 13.2 Å². The topological polar surface area (TPSA) is 54.5 Å². The first-order chi connectivity index (χ1) is 13.6. The Bertz CT molecular complexity index is 857. The van der Waals surface area contributed by atoms with E-state index < -0.39 is 11.7 Å². The van der Waals surface area contributed by atoms with Crippen molar-refractivity contribution in [3.63, 3.8) is 0 Å². The fourth-order valence-corrected chi connectivity index (χ4v) is 4.18. The number of morpholine rings is 1. The van der Waals surface area contributed by atoms with Crippen molar-refractivity contribution in [2.24, 2.45) is 0 Å². The quantitative estimate of drug-likeness (QED) is 0.784. The van der Waals surface area contributed by atoms with Crippen molar-refractivity contribution in [3.05, 3.63) is 40.4 Å². The maximum absolute atomic E-state index is 12.7. The number of nitrogens with one attached hydrogen (secondary N) is 1. The first kappa shape index (κ1) is 21.7. The second kappa shape index (κ2) is 8.41. The molecule has 0 saturated carbocycles. The third-order valence-corrected chi connectivity index (χ3v) is 6.22. The highest BCUT2D eigenvalue weighted by atomic mass is 32.1. The van der Waals surface area contributed by atoms with Crippen LogP contribution in [0, 0.1) is 6.92 Å². The van der Waals surface area contributed by atoms with Crippen molar-refractivity contribution in [3.8, 4) is 10.6 Å². The van der Waals surface area contributed by atoms with Gasteiger partial charge in [0.1, 0.15) is 9.88 Å². The molecule has 0 bridgehead atoms. The molecule has 29 heavy (non-hydrogen) atoms. The number of rotatable bonds is 5. The van der Waals surface area contributed by atoms with Gasteiger partial charge in [-0.1, -0.05) is 12.1 Å². The van der Waals surface area contributed by atoms with Crippen molar-refractivity contribution in [1.29, 1.82) is 0 Å². The van der Waals surface area contributed by atoms with E-state index in [9.17, 15) is 18.0 Å². The van der Waals surface area contributed by atoms with Gasteiger partial charge >= 0.3 is 6.18 Å². The molecule has 3 rings (SSSR count). The van der Waals surface area contributed by atoms with Crippen molar-refractivity contribution < 1.29 is 22.7 Å². The Labute approximate surface area is 171 Å². The lowest BCUT2D eigenvalue weighted by molar-refractivity contribution is -0.137. The number of amides is 1. The van der Waals surface area contributed by atoms with Crippen LogP contribution in [0.15, 0.2) is 24.3 Å². The number of benzene rings is 1. The van der Waals surface area contributed by atoms with Gasteiger partial charge in [-0.05, 0) is 32.9 Å². The minimum atomic E-state index is -4.38. The highest BCUT2D eigenvalue weighted by Crippen LogP contribution is 2.33.